The Bertz CT molecular complexity index is 567. The molecule has 0 atom stereocenters. The van der Waals surface area contributed by atoms with Gasteiger partial charge in [-0.25, -0.2) is 0 Å². The third kappa shape index (κ3) is 2.42. The number of hydrogen-bond donors (Lipinski definition) is 0. The molecular formula is C10H9ClN4O2. The molecule has 6 nitrogen and oxygen atoms in total. The Hall–Kier alpha value is -1.95. The number of nitro groups is 1. The van der Waals surface area contributed by atoms with E-state index in [1.807, 2.05) is 19.1 Å². The highest BCUT2D eigenvalue weighted by Gasteiger charge is 2.19. The number of aromatic nitrogens is 3. The largest absolute Gasteiger partial charge is 0.408 e. The van der Waals surface area contributed by atoms with E-state index in [9.17, 15) is 10.1 Å². The van der Waals surface area contributed by atoms with Crippen molar-refractivity contribution in [1.82, 2.24) is 14.8 Å². The fourth-order valence-corrected chi connectivity index (χ4v) is 1.65. The van der Waals surface area contributed by atoms with Crippen LogP contribution in [0.2, 0.25) is 5.02 Å². The second-order valence-electron chi connectivity index (χ2n) is 3.52. The molecule has 0 radical (unpaired) electrons. The summed E-state index contributed by atoms with van der Waals surface area (Å²) in [5, 5.41) is 14.4. The molecule has 0 bridgehead atoms. The third-order valence-corrected chi connectivity index (χ3v) is 2.57. The van der Waals surface area contributed by atoms with Crippen molar-refractivity contribution >= 4 is 17.4 Å². The Morgan fingerprint density at radius 2 is 2.35 bits per heavy atom. The second-order valence-corrected chi connectivity index (χ2v) is 3.93. The Morgan fingerprint density at radius 3 is 2.94 bits per heavy atom. The van der Waals surface area contributed by atoms with Crippen LogP contribution in [0.5, 0.6) is 0 Å². The van der Waals surface area contributed by atoms with Gasteiger partial charge >= 0.3 is 5.82 Å². The number of halogens is 1. The van der Waals surface area contributed by atoms with Gasteiger partial charge in [0.05, 0.1) is 17.0 Å². The summed E-state index contributed by atoms with van der Waals surface area (Å²) in [7, 11) is 0. The van der Waals surface area contributed by atoms with Crippen molar-refractivity contribution < 1.29 is 4.92 Å². The molecule has 88 valence electrons. The maximum atomic E-state index is 10.6. The van der Waals surface area contributed by atoms with Crippen LogP contribution in [-0.4, -0.2) is 19.7 Å². The predicted octanol–water partition coefficient (Wildman–Crippen LogP) is 2.20. The Kier molecular flexibility index (Phi) is 3.06. The molecule has 0 fully saturated rings. The molecule has 17 heavy (non-hydrogen) atoms. The highest BCUT2D eigenvalue weighted by atomic mass is 35.5. The summed E-state index contributed by atoms with van der Waals surface area (Å²) in [6.45, 7) is 2.28. The SMILES string of the molecule is Cc1cccnc1Cn1cc(Cl)c([N+](=O)[O-])n1. The average Bonchev–Trinajstić information content (AvgIpc) is 2.63. The van der Waals surface area contributed by atoms with Gasteiger partial charge in [-0.15, -0.1) is 0 Å². The Balaban J connectivity index is 2.28. The molecule has 2 rings (SSSR count). The standard InChI is InChI=1S/C10H9ClN4O2/c1-7-3-2-4-12-9(7)6-14-5-8(11)10(13-14)15(16)17/h2-5H,6H2,1H3. The van der Waals surface area contributed by atoms with Crippen LogP contribution in [0.1, 0.15) is 11.3 Å². The summed E-state index contributed by atoms with van der Waals surface area (Å²) in [5.41, 5.74) is 1.81. The number of hydrogen-bond acceptors (Lipinski definition) is 4. The molecule has 2 heterocycles. The van der Waals surface area contributed by atoms with Crippen molar-refractivity contribution in [2.24, 2.45) is 0 Å². The molecule has 0 aliphatic rings. The highest BCUT2D eigenvalue weighted by Crippen LogP contribution is 2.21. The summed E-state index contributed by atoms with van der Waals surface area (Å²) >= 11 is 5.70. The molecule has 0 unspecified atom stereocenters. The fourth-order valence-electron chi connectivity index (χ4n) is 1.43. The molecule has 7 heteroatoms. The van der Waals surface area contributed by atoms with E-state index in [4.69, 9.17) is 11.6 Å². The number of pyridine rings is 1. The Morgan fingerprint density at radius 1 is 1.59 bits per heavy atom. The molecule has 2 aromatic heterocycles. The van der Waals surface area contributed by atoms with Gasteiger partial charge < -0.3 is 10.1 Å². The molecule has 0 aliphatic carbocycles. The second kappa shape index (κ2) is 4.50. The van der Waals surface area contributed by atoms with Gasteiger partial charge in [0, 0.05) is 6.20 Å². The number of nitrogens with zero attached hydrogens (tertiary/aromatic N) is 4. The smallest absolute Gasteiger partial charge is 0.358 e. The average molecular weight is 253 g/mol. The topological polar surface area (TPSA) is 73.8 Å². The van der Waals surface area contributed by atoms with Gasteiger partial charge in [0.2, 0.25) is 0 Å². The normalized spacial score (nSPS) is 10.5. The third-order valence-electron chi connectivity index (χ3n) is 2.30. The van der Waals surface area contributed by atoms with Crippen molar-refractivity contribution in [1.29, 1.82) is 0 Å². The molecule has 0 amide bonds. The van der Waals surface area contributed by atoms with Crippen LogP contribution in [0.4, 0.5) is 5.82 Å². The lowest BCUT2D eigenvalue weighted by molar-refractivity contribution is -0.389. The van der Waals surface area contributed by atoms with E-state index in [2.05, 4.69) is 10.1 Å². The molecule has 0 spiro atoms. The lowest BCUT2D eigenvalue weighted by Crippen LogP contribution is -2.04. The highest BCUT2D eigenvalue weighted by molar-refractivity contribution is 6.32. The first kappa shape index (κ1) is 11.5. The van der Waals surface area contributed by atoms with Gasteiger partial charge in [-0.2, -0.15) is 4.68 Å². The minimum atomic E-state index is -0.607. The monoisotopic (exact) mass is 252 g/mol. The van der Waals surface area contributed by atoms with Crippen LogP contribution in [-0.2, 0) is 6.54 Å². The zero-order chi connectivity index (χ0) is 12.4. The summed E-state index contributed by atoms with van der Waals surface area (Å²) in [6, 6.07) is 3.75. The molecule has 0 saturated carbocycles. The molecule has 0 aliphatic heterocycles. The van der Waals surface area contributed by atoms with Crippen LogP contribution >= 0.6 is 11.6 Å². The van der Waals surface area contributed by atoms with E-state index in [0.717, 1.165) is 11.3 Å². The molecule has 0 N–H and O–H groups in total. The number of rotatable bonds is 3. The first-order valence-electron chi connectivity index (χ1n) is 4.86. The fraction of sp³-hybridized carbons (Fsp3) is 0.200. The van der Waals surface area contributed by atoms with Crippen LogP contribution in [0, 0.1) is 17.0 Å². The quantitative estimate of drug-likeness (QED) is 0.620. The first-order valence-corrected chi connectivity index (χ1v) is 5.23. The van der Waals surface area contributed by atoms with Crippen molar-refractivity contribution in [2.75, 3.05) is 0 Å². The van der Waals surface area contributed by atoms with Crippen LogP contribution < -0.4 is 0 Å². The van der Waals surface area contributed by atoms with E-state index in [1.165, 1.54) is 10.9 Å². The maximum absolute atomic E-state index is 10.6. The van der Waals surface area contributed by atoms with Crippen LogP contribution in [0.3, 0.4) is 0 Å². The van der Waals surface area contributed by atoms with E-state index in [1.54, 1.807) is 6.20 Å². The van der Waals surface area contributed by atoms with E-state index in [0.29, 0.717) is 6.54 Å². The minimum Gasteiger partial charge on any atom is -0.358 e. The number of aryl methyl sites for hydroxylation is 1. The van der Waals surface area contributed by atoms with Gasteiger partial charge in [-0.3, -0.25) is 4.98 Å². The van der Waals surface area contributed by atoms with Gasteiger partial charge in [0.15, 0.2) is 5.02 Å². The van der Waals surface area contributed by atoms with Crippen LogP contribution in [0.15, 0.2) is 24.5 Å². The molecule has 0 aromatic carbocycles. The van der Waals surface area contributed by atoms with E-state index in [-0.39, 0.29) is 10.8 Å². The summed E-state index contributed by atoms with van der Waals surface area (Å²) < 4.78 is 1.41. The zero-order valence-corrected chi connectivity index (χ0v) is 9.76. The van der Waals surface area contributed by atoms with E-state index >= 15 is 0 Å². The van der Waals surface area contributed by atoms with Crippen molar-refractivity contribution in [2.45, 2.75) is 13.5 Å². The van der Waals surface area contributed by atoms with Gasteiger partial charge in [0.1, 0.15) is 6.54 Å². The van der Waals surface area contributed by atoms with Gasteiger partial charge in [-0.05, 0) is 23.5 Å². The van der Waals surface area contributed by atoms with Crippen LogP contribution in [0.25, 0.3) is 0 Å². The first-order chi connectivity index (χ1) is 8.08. The summed E-state index contributed by atoms with van der Waals surface area (Å²) in [4.78, 5) is 14.2. The lowest BCUT2D eigenvalue weighted by Gasteiger charge is -2.00. The van der Waals surface area contributed by atoms with Crippen molar-refractivity contribution in [3.63, 3.8) is 0 Å². The maximum Gasteiger partial charge on any atom is 0.408 e. The molecule has 0 saturated heterocycles. The van der Waals surface area contributed by atoms with E-state index < -0.39 is 4.92 Å². The minimum absolute atomic E-state index is 0.0311. The summed E-state index contributed by atoms with van der Waals surface area (Å²) in [5.74, 6) is -0.333. The van der Waals surface area contributed by atoms with Gasteiger partial charge in [0.25, 0.3) is 0 Å². The zero-order valence-electron chi connectivity index (χ0n) is 9.00. The predicted molar refractivity (Wildman–Crippen MR) is 62.0 cm³/mol. The Labute approximate surface area is 102 Å². The van der Waals surface area contributed by atoms with Crippen molar-refractivity contribution in [3.05, 3.63) is 50.9 Å². The molecule has 2 aromatic rings. The lowest BCUT2D eigenvalue weighted by atomic mass is 10.2. The van der Waals surface area contributed by atoms with Crippen molar-refractivity contribution in [3.8, 4) is 0 Å². The summed E-state index contributed by atoms with van der Waals surface area (Å²) in [6.07, 6.45) is 3.09. The molecular weight excluding hydrogens is 244 g/mol. The van der Waals surface area contributed by atoms with Gasteiger partial charge in [-0.1, -0.05) is 17.7 Å².